The molecule has 1 rings (SSSR count). The first kappa shape index (κ1) is 8.48. The van der Waals surface area contributed by atoms with E-state index in [4.69, 9.17) is 5.11 Å². The Kier molecular flexibility index (Phi) is 2.45. The maximum atomic E-state index is 10.2. The second-order valence-corrected chi connectivity index (χ2v) is 3.46. The van der Waals surface area contributed by atoms with E-state index in [0.717, 1.165) is 0 Å². The smallest absolute Gasteiger partial charge is 0.407 e. The van der Waals surface area contributed by atoms with Gasteiger partial charge in [0.25, 0.3) is 0 Å². The molecule has 1 aliphatic rings. The van der Waals surface area contributed by atoms with Crippen molar-refractivity contribution in [2.45, 2.75) is 0 Å². The number of carboxylic acid groups (broad SMARTS) is 1. The highest BCUT2D eigenvalue weighted by Crippen LogP contribution is 2.15. The van der Waals surface area contributed by atoms with Crippen molar-refractivity contribution in [3.8, 4) is 0 Å². The van der Waals surface area contributed by atoms with Crippen LogP contribution >= 0.6 is 0 Å². The Morgan fingerprint density at radius 1 is 1.73 bits per heavy atom. The van der Waals surface area contributed by atoms with Crippen molar-refractivity contribution in [3.63, 3.8) is 0 Å². The van der Waals surface area contributed by atoms with Crippen molar-refractivity contribution in [3.05, 3.63) is 0 Å². The predicted molar refractivity (Wildman–Crippen MR) is 36.9 cm³/mol. The van der Waals surface area contributed by atoms with Gasteiger partial charge in [0.1, 0.15) is 0 Å². The predicted octanol–water partition coefficient (Wildman–Crippen LogP) is -0.525. The Morgan fingerprint density at radius 2 is 2.27 bits per heavy atom. The lowest BCUT2D eigenvalue weighted by atomic mass is 10.0. The first-order valence-corrected chi connectivity index (χ1v) is 4.37. The zero-order chi connectivity index (χ0) is 8.43. The summed E-state index contributed by atoms with van der Waals surface area (Å²) in [5.74, 6) is 0.0773. The zero-order valence-corrected chi connectivity index (χ0v) is 6.54. The van der Waals surface area contributed by atoms with E-state index in [1.807, 2.05) is 0 Å². The van der Waals surface area contributed by atoms with Gasteiger partial charge in [-0.15, -0.1) is 0 Å². The number of amides is 1. The lowest BCUT2D eigenvalue weighted by Crippen LogP contribution is -2.51. The average molecular weight is 178 g/mol. The summed E-state index contributed by atoms with van der Waals surface area (Å²) in [5.41, 5.74) is 0. The third-order valence-electron chi connectivity index (χ3n) is 1.60. The van der Waals surface area contributed by atoms with Gasteiger partial charge < -0.3 is 14.6 Å². The van der Waals surface area contributed by atoms with Gasteiger partial charge in [-0.25, -0.2) is 4.79 Å². The number of likely N-dealkylation sites (tertiary alicyclic amines) is 1. The van der Waals surface area contributed by atoms with Crippen LogP contribution in [0.2, 0.25) is 0 Å². The van der Waals surface area contributed by atoms with Crippen LogP contribution in [0, 0.1) is 5.92 Å². The van der Waals surface area contributed by atoms with Crippen molar-refractivity contribution in [1.82, 2.24) is 4.90 Å². The van der Waals surface area contributed by atoms with Crippen LogP contribution in [0.4, 0.5) is 4.79 Å². The number of carbonyl (C=O) groups is 1. The van der Waals surface area contributed by atoms with Gasteiger partial charge in [0.2, 0.25) is 0 Å². The summed E-state index contributed by atoms with van der Waals surface area (Å²) in [6, 6.07) is 0. The number of nitrogens with zero attached hydrogens (tertiary/aromatic N) is 1. The molecule has 1 amide bonds. The molecular formula is C5H8NO4S-. The van der Waals surface area contributed by atoms with Gasteiger partial charge in [0.05, 0.1) is 0 Å². The minimum Gasteiger partial charge on any atom is -0.772 e. The topological polar surface area (TPSA) is 80.7 Å². The lowest BCUT2D eigenvalue weighted by molar-refractivity contribution is 0.0892. The third kappa shape index (κ3) is 2.16. The van der Waals surface area contributed by atoms with Gasteiger partial charge in [0.15, 0.2) is 0 Å². The molecule has 0 aliphatic carbocycles. The second-order valence-electron chi connectivity index (χ2n) is 2.52. The van der Waals surface area contributed by atoms with Crippen molar-refractivity contribution in [2.75, 3.05) is 18.8 Å². The van der Waals surface area contributed by atoms with Crippen molar-refractivity contribution < 1.29 is 18.7 Å². The summed E-state index contributed by atoms with van der Waals surface area (Å²) >= 11 is -2.04. The molecule has 5 nitrogen and oxygen atoms in total. The van der Waals surface area contributed by atoms with Crippen LogP contribution in [0.15, 0.2) is 0 Å². The van der Waals surface area contributed by atoms with Crippen LogP contribution in [0.1, 0.15) is 0 Å². The van der Waals surface area contributed by atoms with E-state index in [0.29, 0.717) is 13.1 Å². The Labute approximate surface area is 66.3 Å². The molecule has 1 aliphatic heterocycles. The van der Waals surface area contributed by atoms with E-state index in [2.05, 4.69) is 0 Å². The molecule has 0 aromatic carbocycles. The second kappa shape index (κ2) is 3.19. The summed E-state index contributed by atoms with van der Waals surface area (Å²) in [6.45, 7) is 0.701. The molecule has 1 atom stereocenters. The molecule has 0 radical (unpaired) electrons. The number of hydrogen-bond acceptors (Lipinski definition) is 3. The van der Waals surface area contributed by atoms with E-state index < -0.39 is 17.2 Å². The minimum absolute atomic E-state index is 0.00410. The molecular weight excluding hydrogens is 170 g/mol. The van der Waals surface area contributed by atoms with Gasteiger partial charge in [0, 0.05) is 24.8 Å². The Hall–Kier alpha value is -0.620. The molecule has 0 aromatic heterocycles. The average Bonchev–Trinajstić information content (AvgIpc) is 1.75. The molecule has 0 bridgehead atoms. The summed E-state index contributed by atoms with van der Waals surface area (Å²) in [6.07, 6.45) is -0.974. The van der Waals surface area contributed by atoms with Crippen LogP contribution in [0.5, 0.6) is 0 Å². The van der Waals surface area contributed by atoms with Gasteiger partial charge in [-0.05, 0) is 0 Å². The maximum Gasteiger partial charge on any atom is 0.407 e. The molecule has 0 aromatic rings. The summed E-state index contributed by atoms with van der Waals surface area (Å²) in [4.78, 5) is 11.4. The van der Waals surface area contributed by atoms with Crippen molar-refractivity contribution >= 4 is 17.2 Å². The molecule has 1 unspecified atom stereocenters. The molecule has 6 heteroatoms. The summed E-state index contributed by atoms with van der Waals surface area (Å²) in [7, 11) is 0. The van der Waals surface area contributed by atoms with E-state index in [9.17, 15) is 13.6 Å². The number of hydrogen-bond donors (Lipinski definition) is 1. The molecule has 11 heavy (non-hydrogen) atoms. The molecule has 64 valence electrons. The van der Waals surface area contributed by atoms with Crippen LogP contribution in [0.3, 0.4) is 0 Å². The van der Waals surface area contributed by atoms with Gasteiger partial charge in [-0.2, -0.15) is 0 Å². The van der Waals surface area contributed by atoms with Gasteiger partial charge in [-0.3, -0.25) is 4.21 Å². The minimum atomic E-state index is -2.04. The molecule has 1 N–H and O–H groups in total. The number of rotatable bonds is 2. The molecule has 1 heterocycles. The maximum absolute atomic E-state index is 10.2. The van der Waals surface area contributed by atoms with E-state index in [1.54, 1.807) is 0 Å². The third-order valence-corrected chi connectivity index (χ3v) is 2.34. The highest BCUT2D eigenvalue weighted by atomic mass is 32.2. The summed E-state index contributed by atoms with van der Waals surface area (Å²) < 4.78 is 20.2. The van der Waals surface area contributed by atoms with Crippen LogP contribution in [0.25, 0.3) is 0 Å². The Morgan fingerprint density at radius 3 is 2.64 bits per heavy atom. The fourth-order valence-electron chi connectivity index (χ4n) is 1.02. The Bertz CT molecular complexity index is 189. The highest BCUT2D eigenvalue weighted by Gasteiger charge is 2.29. The summed E-state index contributed by atoms with van der Waals surface area (Å²) in [5, 5.41) is 8.36. The van der Waals surface area contributed by atoms with E-state index in [-0.39, 0.29) is 11.7 Å². The normalized spacial score (nSPS) is 21.0. The van der Waals surface area contributed by atoms with Crippen molar-refractivity contribution in [2.24, 2.45) is 5.92 Å². The zero-order valence-electron chi connectivity index (χ0n) is 5.73. The quantitative estimate of drug-likeness (QED) is 0.576. The van der Waals surface area contributed by atoms with Gasteiger partial charge >= 0.3 is 6.09 Å². The highest BCUT2D eigenvalue weighted by molar-refractivity contribution is 7.79. The fraction of sp³-hybridized carbons (Fsp3) is 0.800. The van der Waals surface area contributed by atoms with Crippen LogP contribution in [-0.4, -0.2) is 43.7 Å². The molecule has 0 spiro atoms. The largest absolute Gasteiger partial charge is 0.772 e. The van der Waals surface area contributed by atoms with Crippen molar-refractivity contribution in [1.29, 1.82) is 0 Å². The first-order valence-electron chi connectivity index (χ1n) is 3.13. The Balaban J connectivity index is 2.19. The standard InChI is InChI=1S/C5H9NO4S/c7-5(8)6-1-4(2-6)3-11(9)10/h4H,1-3H2,(H,7,8)(H,9,10)/p-1. The van der Waals surface area contributed by atoms with Crippen LogP contribution < -0.4 is 0 Å². The monoisotopic (exact) mass is 178 g/mol. The lowest BCUT2D eigenvalue weighted by Gasteiger charge is -2.37. The van der Waals surface area contributed by atoms with Gasteiger partial charge in [-0.1, -0.05) is 11.1 Å². The van der Waals surface area contributed by atoms with Crippen LogP contribution in [-0.2, 0) is 11.1 Å². The molecule has 1 saturated heterocycles. The van der Waals surface area contributed by atoms with E-state index in [1.165, 1.54) is 4.90 Å². The van der Waals surface area contributed by atoms with E-state index >= 15 is 0 Å². The molecule has 0 saturated carbocycles. The first-order chi connectivity index (χ1) is 5.09. The molecule has 1 fully saturated rings. The SMILES string of the molecule is O=C(O)N1CC(CS(=O)[O-])C1. The fourth-order valence-corrected chi connectivity index (χ4v) is 1.62.